The minimum atomic E-state index is -0.695. The van der Waals surface area contributed by atoms with Crippen molar-refractivity contribution in [1.82, 2.24) is 14.9 Å². The molecule has 0 aliphatic rings. The first-order chi connectivity index (χ1) is 6.52. The second-order valence-corrected chi connectivity index (χ2v) is 2.96. The first kappa shape index (κ1) is 10.2. The maximum absolute atomic E-state index is 11.4. The number of nitrogens with two attached hydrogens (primary N) is 1. The second-order valence-electron chi connectivity index (χ2n) is 2.96. The van der Waals surface area contributed by atoms with Crippen LogP contribution in [-0.4, -0.2) is 27.4 Å². The zero-order valence-electron chi connectivity index (χ0n) is 8.02. The normalized spacial score (nSPS) is 12.1. The number of carbonyl (C=O) groups is 2. The van der Waals surface area contributed by atoms with E-state index in [9.17, 15) is 9.59 Å². The molecule has 76 valence electrons. The van der Waals surface area contributed by atoms with Crippen LogP contribution in [0, 0.1) is 0 Å². The molecule has 1 atom stereocenters. The van der Waals surface area contributed by atoms with Gasteiger partial charge in [0, 0.05) is 19.4 Å². The largest absolute Gasteiger partial charge is 0.368 e. The van der Waals surface area contributed by atoms with Gasteiger partial charge in [-0.25, -0.2) is 4.98 Å². The third-order valence-electron chi connectivity index (χ3n) is 1.80. The molecule has 0 fully saturated rings. The van der Waals surface area contributed by atoms with Crippen molar-refractivity contribution in [3.05, 3.63) is 18.2 Å². The highest BCUT2D eigenvalue weighted by Gasteiger charge is 2.16. The number of hydrogen-bond donors (Lipinski definition) is 2. The molecule has 0 aliphatic carbocycles. The molecule has 1 rings (SSSR count). The van der Waals surface area contributed by atoms with Crippen molar-refractivity contribution in [1.29, 1.82) is 0 Å². The van der Waals surface area contributed by atoms with Crippen LogP contribution in [0.15, 0.2) is 12.4 Å². The Labute approximate surface area is 81.1 Å². The van der Waals surface area contributed by atoms with E-state index in [4.69, 9.17) is 5.73 Å². The number of amides is 2. The minimum absolute atomic E-state index is 0.248. The van der Waals surface area contributed by atoms with Crippen molar-refractivity contribution in [3.8, 4) is 0 Å². The first-order valence-corrected chi connectivity index (χ1v) is 4.10. The summed E-state index contributed by atoms with van der Waals surface area (Å²) in [6.07, 6.45) is 3.15. The molecule has 0 saturated carbocycles. The van der Waals surface area contributed by atoms with Gasteiger partial charge >= 0.3 is 0 Å². The number of primary amides is 1. The number of aromatic nitrogens is 2. The summed E-state index contributed by atoms with van der Waals surface area (Å²) in [5.41, 5.74) is 4.99. The highest BCUT2D eigenvalue weighted by atomic mass is 16.2. The van der Waals surface area contributed by atoms with Crippen molar-refractivity contribution in [2.45, 2.75) is 13.0 Å². The number of rotatable bonds is 3. The van der Waals surface area contributed by atoms with Crippen molar-refractivity contribution in [3.63, 3.8) is 0 Å². The molecule has 1 heterocycles. The highest BCUT2D eigenvalue weighted by Crippen LogP contribution is 1.94. The summed E-state index contributed by atoms with van der Waals surface area (Å²) in [6, 6.07) is -0.695. The van der Waals surface area contributed by atoms with Crippen LogP contribution in [-0.2, 0) is 11.8 Å². The lowest BCUT2D eigenvalue weighted by atomic mass is 10.3. The SMILES string of the molecule is C[C@@H](NC(=O)c1nccn1C)C(N)=O. The maximum Gasteiger partial charge on any atom is 0.287 e. The second kappa shape index (κ2) is 3.91. The topological polar surface area (TPSA) is 90.0 Å². The van der Waals surface area contributed by atoms with Gasteiger partial charge in [-0.05, 0) is 6.92 Å². The molecule has 2 amide bonds. The van der Waals surface area contributed by atoms with Crippen LogP contribution in [0.4, 0.5) is 0 Å². The average Bonchev–Trinajstić information content (AvgIpc) is 2.51. The van der Waals surface area contributed by atoms with E-state index >= 15 is 0 Å². The molecule has 1 aromatic rings. The fourth-order valence-corrected chi connectivity index (χ4v) is 0.917. The summed E-state index contributed by atoms with van der Waals surface area (Å²) in [4.78, 5) is 25.9. The lowest BCUT2D eigenvalue weighted by Crippen LogP contribution is -2.42. The Balaban J connectivity index is 2.69. The van der Waals surface area contributed by atoms with Gasteiger partial charge in [-0.3, -0.25) is 9.59 Å². The van der Waals surface area contributed by atoms with Gasteiger partial charge in [0.1, 0.15) is 6.04 Å². The van der Waals surface area contributed by atoms with Crippen LogP contribution in [0.5, 0.6) is 0 Å². The quantitative estimate of drug-likeness (QED) is 0.651. The van der Waals surface area contributed by atoms with E-state index in [2.05, 4.69) is 10.3 Å². The Hall–Kier alpha value is -1.85. The zero-order chi connectivity index (χ0) is 10.7. The van der Waals surface area contributed by atoms with E-state index in [0.29, 0.717) is 0 Å². The van der Waals surface area contributed by atoms with E-state index in [0.717, 1.165) is 0 Å². The number of aryl methyl sites for hydroxylation is 1. The molecular weight excluding hydrogens is 184 g/mol. The van der Waals surface area contributed by atoms with Crippen LogP contribution in [0.25, 0.3) is 0 Å². The van der Waals surface area contributed by atoms with Crippen LogP contribution < -0.4 is 11.1 Å². The Morgan fingerprint density at radius 2 is 2.29 bits per heavy atom. The number of nitrogens with one attached hydrogen (secondary N) is 1. The molecule has 0 bridgehead atoms. The predicted octanol–water partition coefficient (Wildman–Crippen LogP) is -0.976. The molecule has 0 aromatic carbocycles. The summed E-state index contributed by atoms with van der Waals surface area (Å²) in [5, 5.41) is 2.43. The van der Waals surface area contributed by atoms with Gasteiger partial charge in [0.05, 0.1) is 0 Å². The molecular formula is C8H12N4O2. The monoisotopic (exact) mass is 196 g/mol. The molecule has 0 unspecified atom stereocenters. The lowest BCUT2D eigenvalue weighted by Gasteiger charge is -2.09. The highest BCUT2D eigenvalue weighted by molar-refractivity contribution is 5.94. The Bertz CT molecular complexity index is 358. The number of carbonyl (C=O) groups excluding carboxylic acids is 2. The smallest absolute Gasteiger partial charge is 0.287 e. The van der Waals surface area contributed by atoms with Crippen molar-refractivity contribution >= 4 is 11.8 Å². The van der Waals surface area contributed by atoms with E-state index in [1.807, 2.05) is 0 Å². The molecule has 0 saturated heterocycles. The molecule has 6 nitrogen and oxygen atoms in total. The number of imidazole rings is 1. The van der Waals surface area contributed by atoms with E-state index in [1.165, 1.54) is 13.1 Å². The van der Waals surface area contributed by atoms with Gasteiger partial charge in [0.25, 0.3) is 5.91 Å². The van der Waals surface area contributed by atoms with Gasteiger partial charge in [0.15, 0.2) is 5.82 Å². The van der Waals surface area contributed by atoms with Gasteiger partial charge < -0.3 is 15.6 Å². The Morgan fingerprint density at radius 3 is 2.71 bits per heavy atom. The fourth-order valence-electron chi connectivity index (χ4n) is 0.917. The minimum Gasteiger partial charge on any atom is -0.368 e. The van der Waals surface area contributed by atoms with Crippen molar-refractivity contribution in [2.75, 3.05) is 0 Å². The Morgan fingerprint density at radius 1 is 1.64 bits per heavy atom. The summed E-state index contributed by atoms with van der Waals surface area (Å²) in [6.45, 7) is 1.52. The third kappa shape index (κ3) is 2.09. The zero-order valence-corrected chi connectivity index (χ0v) is 8.02. The molecule has 6 heteroatoms. The molecule has 3 N–H and O–H groups in total. The van der Waals surface area contributed by atoms with E-state index in [1.54, 1.807) is 17.8 Å². The van der Waals surface area contributed by atoms with Crippen molar-refractivity contribution in [2.24, 2.45) is 12.8 Å². The van der Waals surface area contributed by atoms with Gasteiger partial charge in [-0.15, -0.1) is 0 Å². The van der Waals surface area contributed by atoms with Crippen LogP contribution >= 0.6 is 0 Å². The fraction of sp³-hybridized carbons (Fsp3) is 0.375. The summed E-state index contributed by atoms with van der Waals surface area (Å²) in [5.74, 6) is -0.741. The maximum atomic E-state index is 11.4. The van der Waals surface area contributed by atoms with E-state index < -0.39 is 17.9 Å². The van der Waals surface area contributed by atoms with Gasteiger partial charge in [-0.1, -0.05) is 0 Å². The summed E-state index contributed by atoms with van der Waals surface area (Å²) < 4.78 is 1.56. The van der Waals surface area contributed by atoms with Gasteiger partial charge in [0.2, 0.25) is 5.91 Å². The van der Waals surface area contributed by atoms with Gasteiger partial charge in [-0.2, -0.15) is 0 Å². The summed E-state index contributed by atoms with van der Waals surface area (Å²) in [7, 11) is 1.69. The van der Waals surface area contributed by atoms with Crippen LogP contribution in [0.1, 0.15) is 17.5 Å². The number of hydrogen-bond acceptors (Lipinski definition) is 3. The Kier molecular flexibility index (Phi) is 2.85. The predicted molar refractivity (Wildman–Crippen MR) is 49.3 cm³/mol. The molecule has 1 aromatic heterocycles. The molecule has 0 spiro atoms. The van der Waals surface area contributed by atoms with Crippen LogP contribution in [0.3, 0.4) is 0 Å². The first-order valence-electron chi connectivity index (χ1n) is 4.10. The van der Waals surface area contributed by atoms with E-state index in [-0.39, 0.29) is 5.82 Å². The van der Waals surface area contributed by atoms with Crippen molar-refractivity contribution < 1.29 is 9.59 Å². The molecule has 0 radical (unpaired) electrons. The third-order valence-corrected chi connectivity index (χ3v) is 1.80. The standard InChI is InChI=1S/C8H12N4O2/c1-5(6(9)13)11-8(14)7-10-3-4-12(7)2/h3-5H,1-2H3,(H2,9,13)(H,11,14)/t5-/m1/s1. The lowest BCUT2D eigenvalue weighted by molar-refractivity contribution is -0.119. The molecule has 14 heavy (non-hydrogen) atoms. The number of nitrogens with zero attached hydrogens (tertiary/aromatic N) is 2. The van der Waals surface area contributed by atoms with Crippen LogP contribution in [0.2, 0.25) is 0 Å². The summed E-state index contributed by atoms with van der Waals surface area (Å²) >= 11 is 0. The molecule has 0 aliphatic heterocycles. The average molecular weight is 196 g/mol.